The Morgan fingerprint density at radius 3 is 2.86 bits per heavy atom. The van der Waals surface area contributed by atoms with E-state index in [-0.39, 0.29) is 19.0 Å². The van der Waals surface area contributed by atoms with Crippen LogP contribution in [0.15, 0.2) is 12.4 Å². The van der Waals surface area contributed by atoms with Gasteiger partial charge in [0.2, 0.25) is 5.95 Å². The minimum atomic E-state index is -3.70. The lowest BCUT2D eigenvalue weighted by Crippen LogP contribution is -2.45. The Labute approximate surface area is 123 Å². The van der Waals surface area contributed by atoms with Gasteiger partial charge in [-0.15, -0.1) is 5.10 Å². The van der Waals surface area contributed by atoms with E-state index < -0.39 is 17.5 Å². The molecule has 0 radical (unpaired) electrons. The van der Waals surface area contributed by atoms with Crippen LogP contribution in [0.25, 0.3) is 0 Å². The number of aryl methyl sites for hydroxylation is 1. The maximum absolute atomic E-state index is 14.3. The molecule has 1 aliphatic rings. The number of alkyl halides is 2. The number of hydrogen-bond acceptors (Lipinski definition) is 6. The van der Waals surface area contributed by atoms with E-state index in [1.165, 1.54) is 7.05 Å². The molecule has 2 N–H and O–H groups in total. The first-order chi connectivity index (χ1) is 10.4. The fraction of sp³-hybridized carbons (Fsp3) is 0.417. The smallest absolute Gasteiger partial charge is 0.367 e. The van der Waals surface area contributed by atoms with Gasteiger partial charge in [0.25, 0.3) is 5.91 Å². The predicted molar refractivity (Wildman–Crippen MR) is 70.5 cm³/mol. The Morgan fingerprint density at radius 1 is 1.41 bits per heavy atom. The maximum atomic E-state index is 14.3. The van der Waals surface area contributed by atoms with Crippen LogP contribution in [0.3, 0.4) is 0 Å². The van der Waals surface area contributed by atoms with E-state index in [1.807, 2.05) is 0 Å². The second kappa shape index (κ2) is 4.97. The number of carbonyl (C=O) groups is 1. The average molecular weight is 309 g/mol. The molecule has 22 heavy (non-hydrogen) atoms. The van der Waals surface area contributed by atoms with Crippen molar-refractivity contribution < 1.29 is 13.6 Å². The Hall–Kier alpha value is -2.65. The summed E-state index contributed by atoms with van der Waals surface area (Å²) in [6.07, 6.45) is 2.85. The van der Waals surface area contributed by atoms with Crippen LogP contribution in [0.2, 0.25) is 0 Å². The monoisotopic (exact) mass is 309 g/mol. The van der Waals surface area contributed by atoms with Crippen molar-refractivity contribution in [2.24, 2.45) is 7.05 Å². The number of aromatic nitrogens is 5. The fourth-order valence-electron chi connectivity index (χ4n) is 2.37. The lowest BCUT2D eigenvalue weighted by Gasteiger charge is -2.30. The third-order valence-electron chi connectivity index (χ3n) is 3.56. The Balaban J connectivity index is 1.86. The average Bonchev–Trinajstić information content (AvgIpc) is 2.92. The van der Waals surface area contributed by atoms with E-state index >= 15 is 0 Å². The first-order valence-corrected chi connectivity index (χ1v) is 6.52. The van der Waals surface area contributed by atoms with Crippen LogP contribution in [-0.4, -0.2) is 42.3 Å². The van der Waals surface area contributed by atoms with Crippen LogP contribution in [0.1, 0.15) is 17.0 Å². The number of hydrogen-bond donors (Lipinski definition) is 1. The summed E-state index contributed by atoms with van der Waals surface area (Å²) in [6.45, 7) is 0.141. The summed E-state index contributed by atoms with van der Waals surface area (Å²) >= 11 is 0. The summed E-state index contributed by atoms with van der Waals surface area (Å²) in [5.41, 5.74) is 6.24. The van der Waals surface area contributed by atoms with Crippen LogP contribution in [0, 0.1) is 0 Å². The zero-order valence-electron chi connectivity index (χ0n) is 11.7. The standard InChI is InChI=1S/C12H13F2N7O/c1-20-9(5-17-19-20)12(13,14)10(22)21-3-2-7-4-16-11(15)18-8(7)6-21/h4-5H,2-3,6H2,1H3,(H2,15,16,18). The lowest BCUT2D eigenvalue weighted by molar-refractivity contribution is -0.161. The maximum Gasteiger partial charge on any atom is 0.367 e. The van der Waals surface area contributed by atoms with Crippen molar-refractivity contribution in [1.82, 2.24) is 29.9 Å². The number of amides is 1. The molecule has 116 valence electrons. The highest BCUT2D eigenvalue weighted by molar-refractivity contribution is 5.84. The summed E-state index contributed by atoms with van der Waals surface area (Å²) in [6, 6.07) is 0. The van der Waals surface area contributed by atoms with E-state index in [4.69, 9.17) is 5.73 Å². The Kier molecular flexibility index (Phi) is 3.23. The largest absolute Gasteiger partial charge is 0.368 e. The van der Waals surface area contributed by atoms with Gasteiger partial charge in [0.1, 0.15) is 5.69 Å². The molecular formula is C12H13F2N7O. The molecule has 0 unspecified atom stereocenters. The predicted octanol–water partition coefficient (Wildman–Crippen LogP) is -0.136. The molecule has 0 saturated heterocycles. The van der Waals surface area contributed by atoms with Crippen molar-refractivity contribution >= 4 is 11.9 Å². The first-order valence-electron chi connectivity index (χ1n) is 6.52. The number of nitrogens with zero attached hydrogens (tertiary/aromatic N) is 6. The summed E-state index contributed by atoms with van der Waals surface area (Å²) in [5, 5.41) is 6.82. The minimum absolute atomic E-state index is 0.0260. The van der Waals surface area contributed by atoms with Crippen molar-refractivity contribution in [3.8, 4) is 0 Å². The van der Waals surface area contributed by atoms with E-state index in [2.05, 4.69) is 20.3 Å². The van der Waals surface area contributed by atoms with E-state index in [0.717, 1.165) is 21.3 Å². The van der Waals surface area contributed by atoms with Crippen molar-refractivity contribution in [2.45, 2.75) is 18.9 Å². The summed E-state index contributed by atoms with van der Waals surface area (Å²) < 4.78 is 29.6. The normalized spacial score (nSPS) is 14.8. The lowest BCUT2D eigenvalue weighted by atomic mass is 10.1. The number of anilines is 1. The van der Waals surface area contributed by atoms with Gasteiger partial charge in [0, 0.05) is 19.8 Å². The molecule has 0 aliphatic carbocycles. The van der Waals surface area contributed by atoms with Gasteiger partial charge in [-0.25, -0.2) is 14.6 Å². The molecule has 2 aromatic heterocycles. The van der Waals surface area contributed by atoms with Crippen LogP contribution in [-0.2, 0) is 30.7 Å². The minimum Gasteiger partial charge on any atom is -0.368 e. The molecular weight excluding hydrogens is 296 g/mol. The second-order valence-corrected chi connectivity index (χ2v) is 4.99. The molecule has 0 bridgehead atoms. The van der Waals surface area contributed by atoms with Crippen molar-refractivity contribution in [2.75, 3.05) is 12.3 Å². The second-order valence-electron chi connectivity index (χ2n) is 4.99. The number of carbonyl (C=O) groups excluding carboxylic acids is 1. The van der Waals surface area contributed by atoms with Crippen LogP contribution in [0.5, 0.6) is 0 Å². The molecule has 0 fully saturated rings. The van der Waals surface area contributed by atoms with Crippen LogP contribution < -0.4 is 5.73 Å². The zero-order valence-corrected chi connectivity index (χ0v) is 11.7. The number of rotatable bonds is 2. The number of nitrogens with two attached hydrogens (primary N) is 1. The van der Waals surface area contributed by atoms with E-state index in [0.29, 0.717) is 12.1 Å². The molecule has 8 nitrogen and oxygen atoms in total. The highest BCUT2D eigenvalue weighted by Gasteiger charge is 2.47. The van der Waals surface area contributed by atoms with Crippen molar-refractivity contribution in [3.05, 3.63) is 29.3 Å². The summed E-state index contributed by atoms with van der Waals surface area (Å²) in [5.74, 6) is -4.95. The Morgan fingerprint density at radius 2 is 2.18 bits per heavy atom. The van der Waals surface area contributed by atoms with Gasteiger partial charge in [-0.3, -0.25) is 4.79 Å². The summed E-state index contributed by atoms with van der Waals surface area (Å²) in [4.78, 5) is 21.1. The number of nitrogen functional groups attached to an aromatic ring is 1. The number of halogens is 2. The molecule has 10 heteroatoms. The molecule has 0 atom stereocenters. The van der Waals surface area contributed by atoms with E-state index in [1.54, 1.807) is 6.20 Å². The molecule has 1 aliphatic heterocycles. The molecule has 3 rings (SSSR count). The van der Waals surface area contributed by atoms with Gasteiger partial charge < -0.3 is 10.6 Å². The van der Waals surface area contributed by atoms with Crippen LogP contribution >= 0.6 is 0 Å². The van der Waals surface area contributed by atoms with E-state index in [9.17, 15) is 13.6 Å². The highest BCUT2D eigenvalue weighted by Crippen LogP contribution is 2.31. The molecule has 0 aromatic carbocycles. The third kappa shape index (κ3) is 2.26. The van der Waals surface area contributed by atoms with Gasteiger partial charge in [0.05, 0.1) is 18.4 Å². The van der Waals surface area contributed by atoms with Gasteiger partial charge in [-0.05, 0) is 12.0 Å². The molecule has 1 amide bonds. The third-order valence-corrected chi connectivity index (χ3v) is 3.56. The van der Waals surface area contributed by atoms with Crippen LogP contribution in [0.4, 0.5) is 14.7 Å². The zero-order chi connectivity index (χ0) is 15.9. The SMILES string of the molecule is Cn1nncc1C(F)(F)C(=O)N1CCc2cnc(N)nc2C1. The molecule has 0 spiro atoms. The number of fused-ring (bicyclic) bond motifs is 1. The fourth-order valence-corrected chi connectivity index (χ4v) is 2.37. The van der Waals surface area contributed by atoms with Crippen molar-refractivity contribution in [1.29, 1.82) is 0 Å². The van der Waals surface area contributed by atoms with Gasteiger partial charge >= 0.3 is 5.92 Å². The Bertz CT molecular complexity index is 730. The molecule has 2 aromatic rings. The quantitative estimate of drug-likeness (QED) is 0.828. The highest BCUT2D eigenvalue weighted by atomic mass is 19.3. The molecule has 0 saturated carbocycles. The topological polar surface area (TPSA) is 103 Å². The molecule has 3 heterocycles. The van der Waals surface area contributed by atoms with Gasteiger partial charge in [0.15, 0.2) is 0 Å². The first kappa shape index (κ1) is 14.3. The van der Waals surface area contributed by atoms with Gasteiger partial charge in [-0.2, -0.15) is 8.78 Å². The summed E-state index contributed by atoms with van der Waals surface area (Å²) in [7, 11) is 1.31. The van der Waals surface area contributed by atoms with Gasteiger partial charge in [-0.1, -0.05) is 5.21 Å². The van der Waals surface area contributed by atoms with Crippen molar-refractivity contribution in [3.63, 3.8) is 0 Å².